The fourth-order valence-electron chi connectivity index (χ4n) is 1.29. The summed E-state index contributed by atoms with van der Waals surface area (Å²) < 4.78 is 10.1. The van der Waals surface area contributed by atoms with Gasteiger partial charge in [0.2, 0.25) is 5.76 Å². The summed E-state index contributed by atoms with van der Waals surface area (Å²) >= 11 is 0. The van der Waals surface area contributed by atoms with Crippen LogP contribution < -0.4 is 0 Å². The van der Waals surface area contributed by atoms with E-state index in [2.05, 4.69) is 6.58 Å². The zero-order chi connectivity index (χ0) is 11.5. The van der Waals surface area contributed by atoms with Crippen LogP contribution in [0.15, 0.2) is 24.5 Å². The number of hydrogen-bond donors (Lipinski definition) is 0. The number of ketones is 1. The number of carbonyl (C=O) groups excluding carboxylic acids is 2. The number of ether oxygens (including phenoxy) is 2. The maximum absolute atomic E-state index is 11.4. The van der Waals surface area contributed by atoms with Crippen LogP contribution in [0, 0.1) is 0 Å². The van der Waals surface area contributed by atoms with Crippen LogP contribution in [0.25, 0.3) is 0 Å². The molecule has 0 radical (unpaired) electrons. The number of carbonyl (C=O) groups is 2. The highest BCUT2D eigenvalue weighted by atomic mass is 16.6. The Kier molecular flexibility index (Phi) is 3.29. The average Bonchev–Trinajstić information content (AvgIpc) is 2.10. The molecule has 0 saturated heterocycles. The molecule has 15 heavy (non-hydrogen) atoms. The van der Waals surface area contributed by atoms with E-state index in [9.17, 15) is 9.59 Å². The fraction of sp³-hybridized carbons (Fsp3) is 0.455. The molecule has 0 fully saturated rings. The molecule has 1 heterocycles. The van der Waals surface area contributed by atoms with E-state index in [0.717, 1.165) is 0 Å². The minimum Gasteiger partial charge on any atom is -0.480 e. The monoisotopic (exact) mass is 210 g/mol. The van der Waals surface area contributed by atoms with Gasteiger partial charge in [0.15, 0.2) is 5.78 Å². The highest BCUT2D eigenvalue weighted by Gasteiger charge is 2.32. The normalized spacial score (nSPS) is 18.8. The predicted molar refractivity (Wildman–Crippen MR) is 54.0 cm³/mol. The van der Waals surface area contributed by atoms with Crippen LogP contribution in [0.2, 0.25) is 0 Å². The van der Waals surface area contributed by atoms with E-state index in [1.807, 2.05) is 0 Å². The third kappa shape index (κ3) is 3.23. The maximum atomic E-state index is 11.4. The largest absolute Gasteiger partial charge is 0.480 e. The van der Waals surface area contributed by atoms with Crippen LogP contribution in [0.5, 0.6) is 0 Å². The smallest absolute Gasteiger partial charge is 0.374 e. The molecular weight excluding hydrogens is 196 g/mol. The van der Waals surface area contributed by atoms with Gasteiger partial charge in [0, 0.05) is 12.5 Å². The van der Waals surface area contributed by atoms with Gasteiger partial charge in [-0.3, -0.25) is 4.79 Å². The third-order valence-electron chi connectivity index (χ3n) is 1.81. The zero-order valence-electron chi connectivity index (χ0n) is 8.91. The predicted octanol–water partition coefficient (Wildman–Crippen LogP) is 1.37. The van der Waals surface area contributed by atoms with E-state index in [-0.39, 0.29) is 24.6 Å². The van der Waals surface area contributed by atoms with Gasteiger partial charge in [-0.15, -0.1) is 0 Å². The molecule has 4 nitrogen and oxygen atoms in total. The summed E-state index contributed by atoms with van der Waals surface area (Å²) in [5, 5.41) is 0. The molecule has 0 unspecified atom stereocenters. The third-order valence-corrected chi connectivity index (χ3v) is 1.81. The van der Waals surface area contributed by atoms with Gasteiger partial charge in [0.05, 0.1) is 0 Å². The molecular formula is C11H14O4. The topological polar surface area (TPSA) is 52.6 Å². The molecule has 1 rings (SSSR count). The molecule has 0 atom stereocenters. The Bertz CT molecular complexity index is 325. The molecule has 1 aliphatic rings. The van der Waals surface area contributed by atoms with Gasteiger partial charge < -0.3 is 9.47 Å². The van der Waals surface area contributed by atoms with Gasteiger partial charge in [0.25, 0.3) is 0 Å². The maximum Gasteiger partial charge on any atom is 0.374 e. The summed E-state index contributed by atoms with van der Waals surface area (Å²) in [5.74, 6) is -0.786. The van der Waals surface area contributed by atoms with E-state index < -0.39 is 11.6 Å². The summed E-state index contributed by atoms with van der Waals surface area (Å²) in [6.45, 7) is 7.02. The second-order valence-electron chi connectivity index (χ2n) is 3.90. The van der Waals surface area contributed by atoms with E-state index in [1.165, 1.54) is 12.2 Å². The van der Waals surface area contributed by atoms with Crippen molar-refractivity contribution in [1.29, 1.82) is 0 Å². The van der Waals surface area contributed by atoms with Crippen LogP contribution in [0.1, 0.15) is 20.3 Å². The fourth-order valence-corrected chi connectivity index (χ4v) is 1.29. The Morgan fingerprint density at radius 3 is 2.93 bits per heavy atom. The van der Waals surface area contributed by atoms with Crippen LogP contribution >= 0.6 is 0 Å². The number of hydrogen-bond acceptors (Lipinski definition) is 4. The van der Waals surface area contributed by atoms with Crippen LogP contribution in [0.4, 0.5) is 0 Å². The summed E-state index contributed by atoms with van der Waals surface area (Å²) in [6, 6.07) is 0. The van der Waals surface area contributed by atoms with E-state index in [4.69, 9.17) is 9.47 Å². The van der Waals surface area contributed by atoms with Crippen molar-refractivity contribution >= 4 is 11.8 Å². The van der Waals surface area contributed by atoms with Gasteiger partial charge >= 0.3 is 5.97 Å². The van der Waals surface area contributed by atoms with Gasteiger partial charge in [-0.1, -0.05) is 12.7 Å². The second kappa shape index (κ2) is 4.29. The minimum atomic E-state index is -0.644. The molecule has 0 aliphatic carbocycles. The summed E-state index contributed by atoms with van der Waals surface area (Å²) in [4.78, 5) is 22.7. The van der Waals surface area contributed by atoms with Crippen molar-refractivity contribution < 1.29 is 19.1 Å². The molecule has 1 aliphatic heterocycles. The molecule has 4 heteroatoms. The van der Waals surface area contributed by atoms with Crippen LogP contribution in [-0.4, -0.2) is 24.0 Å². The first-order valence-electron chi connectivity index (χ1n) is 4.66. The Labute approximate surface area is 88.6 Å². The van der Waals surface area contributed by atoms with Crippen molar-refractivity contribution in [3.63, 3.8) is 0 Å². The highest BCUT2D eigenvalue weighted by molar-refractivity contribution is 5.99. The summed E-state index contributed by atoms with van der Waals surface area (Å²) in [6.07, 6.45) is 2.90. The minimum absolute atomic E-state index is 0.0295. The first-order valence-corrected chi connectivity index (χ1v) is 4.66. The molecule has 0 aromatic heterocycles. The lowest BCUT2D eigenvalue weighted by Gasteiger charge is -2.29. The molecule has 0 saturated carbocycles. The molecule has 0 bridgehead atoms. The molecule has 0 N–H and O–H groups in total. The van der Waals surface area contributed by atoms with Gasteiger partial charge in [-0.2, -0.15) is 0 Å². The van der Waals surface area contributed by atoms with Crippen molar-refractivity contribution in [3.05, 3.63) is 24.5 Å². The SMILES string of the molecule is C=CCOC(=O)C1=CC(=O)CC(C)(C)O1. The zero-order valence-corrected chi connectivity index (χ0v) is 8.91. The van der Waals surface area contributed by atoms with Crippen molar-refractivity contribution in [3.8, 4) is 0 Å². The Morgan fingerprint density at radius 1 is 1.73 bits per heavy atom. The molecule has 0 spiro atoms. The van der Waals surface area contributed by atoms with Crippen LogP contribution in [0.3, 0.4) is 0 Å². The lowest BCUT2D eigenvalue weighted by Crippen LogP contribution is -2.33. The number of allylic oxidation sites excluding steroid dienone is 1. The Hall–Kier alpha value is -1.58. The second-order valence-corrected chi connectivity index (χ2v) is 3.90. The van der Waals surface area contributed by atoms with E-state index in [1.54, 1.807) is 13.8 Å². The summed E-state index contributed by atoms with van der Waals surface area (Å²) in [5.41, 5.74) is -0.644. The molecule has 82 valence electrons. The Morgan fingerprint density at radius 2 is 2.40 bits per heavy atom. The summed E-state index contributed by atoms with van der Waals surface area (Å²) in [7, 11) is 0. The van der Waals surface area contributed by atoms with Crippen molar-refractivity contribution in [2.24, 2.45) is 0 Å². The lowest BCUT2D eigenvalue weighted by molar-refractivity contribution is -0.147. The van der Waals surface area contributed by atoms with Crippen molar-refractivity contribution in [1.82, 2.24) is 0 Å². The number of esters is 1. The quantitative estimate of drug-likeness (QED) is 0.521. The van der Waals surface area contributed by atoms with Crippen molar-refractivity contribution in [2.75, 3.05) is 6.61 Å². The van der Waals surface area contributed by atoms with Crippen LogP contribution in [-0.2, 0) is 19.1 Å². The van der Waals surface area contributed by atoms with E-state index >= 15 is 0 Å². The standard InChI is InChI=1S/C11H14O4/c1-4-5-14-10(13)9-6-8(12)7-11(2,3)15-9/h4,6H,1,5,7H2,2-3H3. The lowest BCUT2D eigenvalue weighted by atomic mass is 9.98. The van der Waals surface area contributed by atoms with Crippen molar-refractivity contribution in [2.45, 2.75) is 25.9 Å². The molecule has 0 amide bonds. The first-order chi connectivity index (χ1) is 6.94. The molecule has 0 aromatic carbocycles. The van der Waals surface area contributed by atoms with Gasteiger partial charge in [-0.25, -0.2) is 4.79 Å². The molecule has 0 aromatic rings. The Balaban J connectivity index is 2.73. The highest BCUT2D eigenvalue weighted by Crippen LogP contribution is 2.25. The average molecular weight is 210 g/mol. The number of rotatable bonds is 3. The van der Waals surface area contributed by atoms with E-state index in [0.29, 0.717) is 0 Å². The first kappa shape index (κ1) is 11.5. The van der Waals surface area contributed by atoms with Gasteiger partial charge in [0.1, 0.15) is 12.2 Å². The van der Waals surface area contributed by atoms with Gasteiger partial charge in [-0.05, 0) is 13.8 Å².